The third-order valence-electron chi connectivity index (χ3n) is 5.40. The van der Waals surface area contributed by atoms with Crippen molar-refractivity contribution in [2.75, 3.05) is 33.8 Å². The molecular formula is C18H34IN7O. The first-order chi connectivity index (χ1) is 12.7. The molecule has 3 heterocycles. The normalized spacial score (nSPS) is 23.4. The molecule has 1 aromatic heterocycles. The largest absolute Gasteiger partial charge is 0.377 e. The van der Waals surface area contributed by atoms with Crippen LogP contribution in [-0.4, -0.2) is 71.5 Å². The van der Waals surface area contributed by atoms with Crippen LogP contribution in [0.2, 0.25) is 0 Å². The van der Waals surface area contributed by atoms with E-state index in [0.29, 0.717) is 18.7 Å². The predicted octanol–water partition coefficient (Wildman–Crippen LogP) is 1.40. The second-order valence-electron chi connectivity index (χ2n) is 7.17. The number of methoxy groups -OCH3 is 1. The van der Waals surface area contributed by atoms with E-state index < -0.39 is 0 Å². The molecule has 2 aliphatic heterocycles. The standard InChI is InChI=1S/C18H33N7O.HI/c1-4-24-10-6-5-7-15(24)11-20-18(19-2)21-14-8-9-17-22-16(13-26-3)23-25(17)12-14;/h14-15H,4-13H2,1-3H3,(H2,19,20,21);1H. The molecule has 154 valence electrons. The maximum absolute atomic E-state index is 5.13. The van der Waals surface area contributed by atoms with Gasteiger partial charge in [0.1, 0.15) is 12.4 Å². The number of likely N-dealkylation sites (N-methyl/N-ethyl adjacent to an activating group) is 1. The van der Waals surface area contributed by atoms with Crippen molar-refractivity contribution >= 4 is 29.9 Å². The maximum Gasteiger partial charge on any atom is 0.191 e. The molecule has 2 N–H and O–H groups in total. The Kier molecular flexibility index (Phi) is 9.24. The summed E-state index contributed by atoms with van der Waals surface area (Å²) < 4.78 is 7.14. The van der Waals surface area contributed by atoms with E-state index in [1.807, 2.05) is 11.7 Å². The fourth-order valence-corrected chi connectivity index (χ4v) is 3.98. The summed E-state index contributed by atoms with van der Waals surface area (Å²) in [6.45, 7) is 6.83. The second-order valence-corrected chi connectivity index (χ2v) is 7.17. The molecule has 0 aromatic carbocycles. The first-order valence-electron chi connectivity index (χ1n) is 9.86. The number of aryl methyl sites for hydroxylation is 1. The van der Waals surface area contributed by atoms with E-state index in [4.69, 9.17) is 4.74 Å². The van der Waals surface area contributed by atoms with Gasteiger partial charge in [-0.1, -0.05) is 13.3 Å². The molecule has 2 atom stereocenters. The van der Waals surface area contributed by atoms with Crippen LogP contribution in [0.1, 0.15) is 44.3 Å². The highest BCUT2D eigenvalue weighted by atomic mass is 127. The minimum atomic E-state index is 0. The zero-order valence-electron chi connectivity index (χ0n) is 16.8. The van der Waals surface area contributed by atoms with Crippen LogP contribution in [0.3, 0.4) is 0 Å². The van der Waals surface area contributed by atoms with Gasteiger partial charge in [0.15, 0.2) is 11.8 Å². The Morgan fingerprint density at radius 3 is 2.93 bits per heavy atom. The number of hydrogen-bond donors (Lipinski definition) is 2. The number of aliphatic imine (C=N–C) groups is 1. The van der Waals surface area contributed by atoms with E-state index in [1.54, 1.807) is 7.11 Å². The van der Waals surface area contributed by atoms with Gasteiger partial charge in [0, 0.05) is 39.2 Å². The molecule has 0 aliphatic carbocycles. The smallest absolute Gasteiger partial charge is 0.191 e. The maximum atomic E-state index is 5.13. The number of piperidine rings is 1. The van der Waals surface area contributed by atoms with Crippen molar-refractivity contribution in [1.29, 1.82) is 0 Å². The SMILES string of the molecule is CCN1CCCCC1CNC(=NC)NC1CCc2nc(COC)nn2C1.I. The summed E-state index contributed by atoms with van der Waals surface area (Å²) in [6.07, 6.45) is 5.89. The Labute approximate surface area is 179 Å². The Balaban J connectivity index is 0.00000261. The monoisotopic (exact) mass is 491 g/mol. The van der Waals surface area contributed by atoms with Crippen molar-refractivity contribution < 1.29 is 4.74 Å². The van der Waals surface area contributed by atoms with Gasteiger partial charge < -0.3 is 15.4 Å². The van der Waals surface area contributed by atoms with E-state index in [-0.39, 0.29) is 24.0 Å². The topological polar surface area (TPSA) is 79.6 Å². The van der Waals surface area contributed by atoms with Gasteiger partial charge in [0.2, 0.25) is 0 Å². The van der Waals surface area contributed by atoms with Gasteiger partial charge in [-0.05, 0) is 32.4 Å². The number of nitrogens with one attached hydrogen (secondary N) is 2. The number of guanidine groups is 1. The summed E-state index contributed by atoms with van der Waals surface area (Å²) in [5.74, 6) is 2.71. The van der Waals surface area contributed by atoms with Crippen molar-refractivity contribution in [2.45, 2.75) is 64.3 Å². The summed E-state index contributed by atoms with van der Waals surface area (Å²) in [4.78, 5) is 11.5. The zero-order chi connectivity index (χ0) is 18.4. The summed E-state index contributed by atoms with van der Waals surface area (Å²) in [6, 6.07) is 0.927. The zero-order valence-corrected chi connectivity index (χ0v) is 19.1. The molecule has 0 radical (unpaired) electrons. The highest BCUT2D eigenvalue weighted by molar-refractivity contribution is 14.0. The van der Waals surface area contributed by atoms with E-state index in [1.165, 1.54) is 25.8 Å². The summed E-state index contributed by atoms with van der Waals surface area (Å²) in [7, 11) is 3.51. The van der Waals surface area contributed by atoms with E-state index in [2.05, 4.69) is 37.5 Å². The van der Waals surface area contributed by atoms with Crippen LogP contribution in [0.15, 0.2) is 4.99 Å². The minimum Gasteiger partial charge on any atom is -0.377 e. The van der Waals surface area contributed by atoms with Crippen LogP contribution in [0.5, 0.6) is 0 Å². The first kappa shape index (κ1) is 22.4. The highest BCUT2D eigenvalue weighted by Gasteiger charge is 2.24. The molecule has 2 aliphatic rings. The highest BCUT2D eigenvalue weighted by Crippen LogP contribution is 2.16. The Morgan fingerprint density at radius 2 is 2.19 bits per heavy atom. The van der Waals surface area contributed by atoms with Crippen molar-refractivity contribution in [3.8, 4) is 0 Å². The number of likely N-dealkylation sites (tertiary alicyclic amines) is 1. The lowest BCUT2D eigenvalue weighted by atomic mass is 10.0. The van der Waals surface area contributed by atoms with Gasteiger partial charge in [-0.3, -0.25) is 9.89 Å². The molecule has 1 saturated heterocycles. The number of rotatable bonds is 6. The fourth-order valence-electron chi connectivity index (χ4n) is 3.98. The molecule has 8 nitrogen and oxygen atoms in total. The summed E-state index contributed by atoms with van der Waals surface area (Å²) >= 11 is 0. The van der Waals surface area contributed by atoms with Crippen molar-refractivity contribution in [3.63, 3.8) is 0 Å². The third-order valence-corrected chi connectivity index (χ3v) is 5.40. The summed E-state index contributed by atoms with van der Waals surface area (Å²) in [5.41, 5.74) is 0. The van der Waals surface area contributed by atoms with Gasteiger partial charge in [-0.25, -0.2) is 9.67 Å². The number of fused-ring (bicyclic) bond motifs is 1. The van der Waals surface area contributed by atoms with Crippen molar-refractivity contribution in [1.82, 2.24) is 30.3 Å². The van der Waals surface area contributed by atoms with Gasteiger partial charge in [0.05, 0.1) is 6.54 Å². The van der Waals surface area contributed by atoms with Crippen molar-refractivity contribution in [3.05, 3.63) is 11.6 Å². The molecule has 0 amide bonds. The third kappa shape index (κ3) is 6.02. The molecule has 0 saturated carbocycles. The number of ether oxygens (including phenoxy) is 1. The lowest BCUT2D eigenvalue weighted by molar-refractivity contribution is 0.157. The number of aromatic nitrogens is 3. The molecule has 0 spiro atoms. The lowest BCUT2D eigenvalue weighted by Crippen LogP contribution is -2.52. The van der Waals surface area contributed by atoms with Crippen molar-refractivity contribution in [2.24, 2.45) is 4.99 Å². The van der Waals surface area contributed by atoms with E-state index >= 15 is 0 Å². The van der Waals surface area contributed by atoms with Crippen LogP contribution >= 0.6 is 24.0 Å². The first-order valence-corrected chi connectivity index (χ1v) is 9.86. The molecule has 1 fully saturated rings. The fraction of sp³-hybridized carbons (Fsp3) is 0.833. The molecule has 1 aromatic rings. The molecule has 3 rings (SSSR count). The molecule has 0 bridgehead atoms. The number of hydrogen-bond acceptors (Lipinski definition) is 5. The average molecular weight is 491 g/mol. The number of halogens is 1. The molecule has 27 heavy (non-hydrogen) atoms. The van der Waals surface area contributed by atoms with Crippen LogP contribution in [0.4, 0.5) is 0 Å². The average Bonchev–Trinajstić information content (AvgIpc) is 3.07. The Hall–Kier alpha value is -0.940. The van der Waals surface area contributed by atoms with E-state index in [9.17, 15) is 0 Å². The molecule has 2 unspecified atom stereocenters. The minimum absolute atomic E-state index is 0. The molecular weight excluding hydrogens is 457 g/mol. The van der Waals surface area contributed by atoms with Gasteiger partial charge in [0.25, 0.3) is 0 Å². The lowest BCUT2D eigenvalue weighted by Gasteiger charge is -2.35. The number of nitrogens with zero attached hydrogens (tertiary/aromatic N) is 5. The predicted molar refractivity (Wildman–Crippen MR) is 118 cm³/mol. The molecule has 9 heteroatoms. The van der Waals surface area contributed by atoms with Crippen LogP contribution < -0.4 is 10.6 Å². The Morgan fingerprint density at radius 1 is 1.33 bits per heavy atom. The van der Waals surface area contributed by atoms with Crippen LogP contribution in [0, 0.1) is 0 Å². The van der Waals surface area contributed by atoms with Crippen LogP contribution in [-0.2, 0) is 24.3 Å². The van der Waals surface area contributed by atoms with E-state index in [0.717, 1.165) is 50.1 Å². The van der Waals surface area contributed by atoms with Gasteiger partial charge in [-0.15, -0.1) is 24.0 Å². The Bertz CT molecular complexity index is 607. The van der Waals surface area contributed by atoms with Crippen LogP contribution in [0.25, 0.3) is 0 Å². The second kappa shape index (κ2) is 11.2. The summed E-state index contributed by atoms with van der Waals surface area (Å²) in [5, 5.41) is 11.6. The quantitative estimate of drug-likeness (QED) is 0.356. The van der Waals surface area contributed by atoms with Gasteiger partial charge in [-0.2, -0.15) is 5.10 Å². The van der Waals surface area contributed by atoms with Gasteiger partial charge >= 0.3 is 0 Å².